The van der Waals surface area contributed by atoms with Gasteiger partial charge in [-0.3, -0.25) is 33.6 Å². The molecule has 1 fully saturated rings. The van der Waals surface area contributed by atoms with E-state index in [2.05, 4.69) is 10.6 Å². The number of piperidine rings is 1. The van der Waals surface area contributed by atoms with Gasteiger partial charge in [0.25, 0.3) is 21.9 Å². The van der Waals surface area contributed by atoms with Crippen molar-refractivity contribution in [3.63, 3.8) is 0 Å². The van der Waals surface area contributed by atoms with Gasteiger partial charge in [0, 0.05) is 18.7 Å². The van der Waals surface area contributed by atoms with Gasteiger partial charge >= 0.3 is 0 Å². The van der Waals surface area contributed by atoms with Gasteiger partial charge in [0.15, 0.2) is 0 Å². The van der Waals surface area contributed by atoms with Crippen molar-refractivity contribution < 1.29 is 31.8 Å². The molecule has 0 aromatic heterocycles. The van der Waals surface area contributed by atoms with Crippen molar-refractivity contribution >= 4 is 39.4 Å². The number of nitrogens with one attached hydrogen (secondary N) is 2. The van der Waals surface area contributed by atoms with Crippen LogP contribution in [0.15, 0.2) is 47.4 Å². The molecule has 2 aromatic carbocycles. The maximum atomic E-state index is 13.1. The first-order valence-corrected chi connectivity index (χ1v) is 13.6. The lowest BCUT2D eigenvalue weighted by atomic mass is 10.0. The Morgan fingerprint density at radius 3 is 2.43 bits per heavy atom. The normalized spacial score (nSPS) is 17.6. The smallest absolute Gasteiger partial charge is 0.296 e. The number of hydrogen-bond donors (Lipinski definition) is 2. The van der Waals surface area contributed by atoms with E-state index in [1.807, 2.05) is 6.92 Å². The van der Waals surface area contributed by atoms with E-state index in [1.54, 1.807) is 30.3 Å². The second-order valence-electron chi connectivity index (χ2n) is 9.11. The molecule has 0 spiro atoms. The molecule has 4 amide bonds. The second-order valence-corrected chi connectivity index (χ2v) is 10.7. The van der Waals surface area contributed by atoms with Crippen LogP contribution in [0, 0.1) is 6.92 Å². The highest BCUT2D eigenvalue weighted by atomic mass is 32.2. The third kappa shape index (κ3) is 5.89. The number of anilines is 1. The molecule has 2 aromatic rings. The maximum Gasteiger partial charge on any atom is 0.296 e. The Morgan fingerprint density at radius 1 is 0.973 bits per heavy atom. The number of nitrogens with zero attached hydrogens (tertiary/aromatic N) is 1. The van der Waals surface area contributed by atoms with Gasteiger partial charge in [-0.2, -0.15) is 8.42 Å². The maximum absolute atomic E-state index is 13.1. The standard InChI is InChI=1S/C26H29N3O7S/c1-17-9-11-18(12-10-17)37(34,35)36-16-5-3-2-4-15-27-20-8-6-7-19-23(20)26(33)29(25(19)32)21-13-14-22(30)28-24(21)31/h6-12,21,27H,2-5,13-16H2,1H3,(H,28,30,31). The number of rotatable bonds is 11. The van der Waals surface area contributed by atoms with Crippen LogP contribution < -0.4 is 10.6 Å². The first kappa shape index (κ1) is 26.5. The zero-order chi connectivity index (χ0) is 26.6. The van der Waals surface area contributed by atoms with Gasteiger partial charge in [0.2, 0.25) is 11.8 Å². The molecule has 1 atom stereocenters. The summed E-state index contributed by atoms with van der Waals surface area (Å²) in [5, 5.41) is 5.39. The van der Waals surface area contributed by atoms with Crippen molar-refractivity contribution in [3.8, 4) is 0 Å². The molecule has 2 aliphatic rings. The predicted octanol–water partition coefficient (Wildman–Crippen LogP) is 2.77. The topological polar surface area (TPSA) is 139 Å². The molecular weight excluding hydrogens is 498 g/mol. The number of carbonyl (C=O) groups excluding carboxylic acids is 4. The first-order valence-electron chi connectivity index (χ1n) is 12.2. The fourth-order valence-corrected chi connectivity index (χ4v) is 5.35. The zero-order valence-electron chi connectivity index (χ0n) is 20.5. The lowest BCUT2D eigenvalue weighted by Crippen LogP contribution is -2.54. The zero-order valence-corrected chi connectivity index (χ0v) is 21.3. The van der Waals surface area contributed by atoms with Crippen molar-refractivity contribution in [2.45, 2.75) is 56.4 Å². The molecule has 10 nitrogen and oxygen atoms in total. The Labute approximate surface area is 215 Å². The van der Waals surface area contributed by atoms with E-state index < -0.39 is 39.8 Å². The Kier molecular flexibility index (Phi) is 8.03. The molecule has 196 valence electrons. The van der Waals surface area contributed by atoms with Gasteiger partial charge in [0.05, 0.1) is 22.6 Å². The van der Waals surface area contributed by atoms with Crippen LogP contribution in [0.2, 0.25) is 0 Å². The molecular formula is C26H29N3O7S. The van der Waals surface area contributed by atoms with Crippen LogP contribution in [0.1, 0.15) is 64.8 Å². The lowest BCUT2D eigenvalue weighted by molar-refractivity contribution is -0.136. The summed E-state index contributed by atoms with van der Waals surface area (Å²) in [4.78, 5) is 50.8. The number of unbranched alkanes of at least 4 members (excludes halogenated alkanes) is 3. The summed E-state index contributed by atoms with van der Waals surface area (Å²) in [6, 6.07) is 10.4. The summed E-state index contributed by atoms with van der Waals surface area (Å²) in [6.07, 6.45) is 3.09. The van der Waals surface area contributed by atoms with Crippen molar-refractivity contribution in [1.82, 2.24) is 10.2 Å². The Morgan fingerprint density at radius 2 is 1.70 bits per heavy atom. The highest BCUT2D eigenvalue weighted by Crippen LogP contribution is 2.32. The van der Waals surface area contributed by atoms with Crippen LogP contribution in [0.3, 0.4) is 0 Å². The Bertz CT molecular complexity index is 1320. The number of carbonyl (C=O) groups is 4. The van der Waals surface area contributed by atoms with E-state index in [4.69, 9.17) is 4.18 Å². The quantitative estimate of drug-likeness (QED) is 0.258. The van der Waals surface area contributed by atoms with Crippen LogP contribution in [0.4, 0.5) is 5.69 Å². The fraction of sp³-hybridized carbons (Fsp3) is 0.385. The van der Waals surface area contributed by atoms with Crippen molar-refractivity contribution in [2.75, 3.05) is 18.5 Å². The van der Waals surface area contributed by atoms with E-state index in [1.165, 1.54) is 12.1 Å². The molecule has 2 N–H and O–H groups in total. The summed E-state index contributed by atoms with van der Waals surface area (Å²) >= 11 is 0. The third-order valence-corrected chi connectivity index (χ3v) is 7.73. The van der Waals surface area contributed by atoms with Gasteiger partial charge in [-0.25, -0.2) is 0 Å². The highest BCUT2D eigenvalue weighted by Gasteiger charge is 2.45. The summed E-state index contributed by atoms with van der Waals surface area (Å²) in [5.74, 6) is -2.15. The molecule has 37 heavy (non-hydrogen) atoms. The highest BCUT2D eigenvalue weighted by molar-refractivity contribution is 7.86. The molecule has 0 bridgehead atoms. The Balaban J connectivity index is 1.23. The summed E-state index contributed by atoms with van der Waals surface area (Å²) in [7, 11) is -3.76. The van der Waals surface area contributed by atoms with E-state index in [-0.39, 0.29) is 35.5 Å². The predicted molar refractivity (Wildman–Crippen MR) is 134 cm³/mol. The van der Waals surface area contributed by atoms with Crippen LogP contribution >= 0.6 is 0 Å². The van der Waals surface area contributed by atoms with Crippen LogP contribution in [0.25, 0.3) is 0 Å². The number of aryl methyl sites for hydroxylation is 1. The largest absolute Gasteiger partial charge is 0.384 e. The summed E-state index contributed by atoms with van der Waals surface area (Å²) in [5.41, 5.74) is 1.94. The summed E-state index contributed by atoms with van der Waals surface area (Å²) < 4.78 is 29.5. The van der Waals surface area contributed by atoms with E-state index in [9.17, 15) is 27.6 Å². The van der Waals surface area contributed by atoms with E-state index in [0.29, 0.717) is 18.7 Å². The molecule has 0 aliphatic carbocycles. The van der Waals surface area contributed by atoms with Gasteiger partial charge in [0.1, 0.15) is 6.04 Å². The number of hydrogen-bond acceptors (Lipinski definition) is 8. The lowest BCUT2D eigenvalue weighted by Gasteiger charge is -2.27. The van der Waals surface area contributed by atoms with Crippen LogP contribution in [0.5, 0.6) is 0 Å². The van der Waals surface area contributed by atoms with Crippen molar-refractivity contribution in [1.29, 1.82) is 0 Å². The number of benzene rings is 2. The fourth-order valence-electron chi connectivity index (χ4n) is 4.41. The molecule has 11 heteroatoms. The molecule has 0 saturated carbocycles. The van der Waals surface area contributed by atoms with Crippen LogP contribution in [-0.2, 0) is 23.9 Å². The molecule has 0 radical (unpaired) electrons. The Hall–Kier alpha value is -3.57. The molecule has 4 rings (SSSR count). The van der Waals surface area contributed by atoms with E-state index >= 15 is 0 Å². The van der Waals surface area contributed by atoms with Crippen LogP contribution in [-0.4, -0.2) is 56.1 Å². The monoisotopic (exact) mass is 527 g/mol. The minimum Gasteiger partial charge on any atom is -0.384 e. The molecule has 2 heterocycles. The van der Waals surface area contributed by atoms with Gasteiger partial charge < -0.3 is 5.32 Å². The number of fused-ring (bicyclic) bond motifs is 1. The minimum atomic E-state index is -3.76. The minimum absolute atomic E-state index is 0.0673. The number of imide groups is 2. The average molecular weight is 528 g/mol. The molecule has 1 saturated heterocycles. The SMILES string of the molecule is Cc1ccc(S(=O)(=O)OCCCCCCNc2cccc3c2C(=O)N(C2CCC(=O)NC2=O)C3=O)cc1. The average Bonchev–Trinajstić information content (AvgIpc) is 3.11. The molecule has 2 aliphatic heterocycles. The van der Waals surface area contributed by atoms with Gasteiger partial charge in [-0.1, -0.05) is 36.6 Å². The third-order valence-electron chi connectivity index (χ3n) is 6.40. The summed E-state index contributed by atoms with van der Waals surface area (Å²) in [6.45, 7) is 2.52. The van der Waals surface area contributed by atoms with Gasteiger partial charge in [-0.05, 0) is 50.5 Å². The van der Waals surface area contributed by atoms with E-state index in [0.717, 1.165) is 29.7 Å². The van der Waals surface area contributed by atoms with Crippen molar-refractivity contribution in [3.05, 3.63) is 59.2 Å². The molecule has 1 unspecified atom stereocenters. The van der Waals surface area contributed by atoms with Gasteiger partial charge in [-0.15, -0.1) is 0 Å². The second kappa shape index (κ2) is 11.2. The number of amides is 4. The van der Waals surface area contributed by atoms with Crippen molar-refractivity contribution in [2.24, 2.45) is 0 Å². The first-order chi connectivity index (χ1) is 17.7.